The fourth-order valence-corrected chi connectivity index (χ4v) is 8.76. The Labute approximate surface area is 135 Å². The van der Waals surface area contributed by atoms with E-state index in [-0.39, 0.29) is 12.2 Å². The smallest absolute Gasteiger partial charge is 0.258 e. The Bertz CT molecular complexity index is 537. The summed E-state index contributed by atoms with van der Waals surface area (Å²) in [5.41, 5.74) is 1.84. The molecule has 0 heterocycles. The zero-order valence-electron chi connectivity index (χ0n) is 14.5. The van der Waals surface area contributed by atoms with Crippen LogP contribution in [0.5, 0.6) is 5.75 Å². The Morgan fingerprint density at radius 2 is 1.59 bits per heavy atom. The lowest BCUT2D eigenvalue weighted by Crippen LogP contribution is -2.51. The fourth-order valence-electron chi connectivity index (χ4n) is 3.50. The molecular weight excluding hydrogens is 290 g/mol. The summed E-state index contributed by atoms with van der Waals surface area (Å²) in [5, 5.41) is 8.78. The van der Waals surface area contributed by atoms with Crippen molar-refractivity contribution < 1.29 is 9.22 Å². The van der Waals surface area contributed by atoms with Crippen LogP contribution in [0.15, 0.2) is 24.3 Å². The highest BCUT2D eigenvalue weighted by Gasteiger charge is 2.47. The average Bonchev–Trinajstić information content (AvgIpc) is 2.44. The summed E-state index contributed by atoms with van der Waals surface area (Å²) in [6.45, 7) is 13.3. The molecule has 0 atom stereocenters. The number of nitrogens with zero attached hydrogens (tertiary/aromatic N) is 1. The molecule has 0 aliphatic rings. The number of carbonyl (C=O) groups excluding carboxylic acids is 1. The van der Waals surface area contributed by atoms with Crippen LogP contribution in [0, 0.1) is 11.3 Å². The SMILES string of the molecule is CC(C)[Si](Oc1ccccc1C(=O)CC#N)(C(C)C)C(C)C. The van der Waals surface area contributed by atoms with Gasteiger partial charge in [0.1, 0.15) is 5.75 Å². The minimum atomic E-state index is -2.10. The maximum Gasteiger partial charge on any atom is 0.258 e. The third kappa shape index (κ3) is 3.59. The molecule has 1 aromatic rings. The summed E-state index contributed by atoms with van der Waals surface area (Å²) < 4.78 is 6.59. The highest BCUT2D eigenvalue weighted by molar-refractivity contribution is 6.78. The Hall–Kier alpha value is -1.60. The Kier molecular flexibility index (Phi) is 6.37. The summed E-state index contributed by atoms with van der Waals surface area (Å²) in [4.78, 5) is 12.2. The van der Waals surface area contributed by atoms with Crippen LogP contribution < -0.4 is 4.43 Å². The van der Waals surface area contributed by atoms with Crippen LogP contribution >= 0.6 is 0 Å². The molecule has 22 heavy (non-hydrogen) atoms. The van der Waals surface area contributed by atoms with Crippen molar-refractivity contribution in [3.63, 3.8) is 0 Å². The van der Waals surface area contributed by atoms with Crippen LogP contribution in [0.25, 0.3) is 0 Å². The van der Waals surface area contributed by atoms with Crippen molar-refractivity contribution in [2.45, 2.75) is 64.6 Å². The van der Waals surface area contributed by atoms with Gasteiger partial charge in [0.25, 0.3) is 8.32 Å². The second-order valence-electron chi connectivity index (χ2n) is 6.67. The standard InChI is InChI=1S/C18H27NO2Si/c1-13(2)22(14(3)4,15(5)6)21-18-10-8-7-9-16(18)17(20)11-12-19/h7-10,13-15H,11H2,1-6H3. The van der Waals surface area contributed by atoms with Crippen molar-refractivity contribution in [3.05, 3.63) is 29.8 Å². The Morgan fingerprint density at radius 1 is 1.09 bits per heavy atom. The first kappa shape index (κ1) is 18.4. The van der Waals surface area contributed by atoms with E-state index in [2.05, 4.69) is 41.5 Å². The third-order valence-corrected chi connectivity index (χ3v) is 10.4. The van der Waals surface area contributed by atoms with Gasteiger partial charge in [-0.05, 0) is 28.8 Å². The average molecular weight is 318 g/mol. The highest BCUT2D eigenvalue weighted by Crippen LogP contribution is 2.43. The summed E-state index contributed by atoms with van der Waals surface area (Å²) in [6.07, 6.45) is -0.111. The van der Waals surface area contributed by atoms with Gasteiger partial charge < -0.3 is 4.43 Å². The molecule has 0 aliphatic heterocycles. The normalized spacial score (nSPS) is 11.8. The van der Waals surface area contributed by atoms with E-state index in [1.54, 1.807) is 6.07 Å². The number of hydrogen-bond donors (Lipinski definition) is 0. The van der Waals surface area contributed by atoms with Crippen LogP contribution in [0.1, 0.15) is 58.3 Å². The summed E-state index contributed by atoms with van der Waals surface area (Å²) in [7, 11) is -2.10. The Morgan fingerprint density at radius 3 is 2.05 bits per heavy atom. The number of Topliss-reactive ketones (excluding diaryl/α,β-unsaturated/α-hetero) is 1. The van der Waals surface area contributed by atoms with Gasteiger partial charge in [0, 0.05) is 0 Å². The van der Waals surface area contributed by atoms with Crippen LogP contribution in [0.4, 0.5) is 0 Å². The largest absolute Gasteiger partial charge is 0.542 e. The quantitative estimate of drug-likeness (QED) is 0.504. The first-order valence-electron chi connectivity index (χ1n) is 7.95. The maximum absolute atomic E-state index is 12.2. The van der Waals surface area contributed by atoms with Crippen molar-refractivity contribution in [2.24, 2.45) is 0 Å². The van der Waals surface area contributed by atoms with Crippen molar-refractivity contribution in [2.75, 3.05) is 0 Å². The van der Waals surface area contributed by atoms with Gasteiger partial charge in [0.15, 0.2) is 5.78 Å². The molecule has 0 saturated carbocycles. The predicted octanol–water partition coefficient (Wildman–Crippen LogP) is 5.34. The molecule has 4 heteroatoms. The van der Waals surface area contributed by atoms with Gasteiger partial charge in [0.05, 0.1) is 18.1 Å². The molecule has 1 aromatic carbocycles. The Balaban J connectivity index is 3.32. The van der Waals surface area contributed by atoms with Gasteiger partial charge in [-0.25, -0.2) is 0 Å². The van der Waals surface area contributed by atoms with Crippen LogP contribution in [0.3, 0.4) is 0 Å². The minimum absolute atomic E-state index is 0.111. The molecule has 0 saturated heterocycles. The maximum atomic E-state index is 12.2. The van der Waals surface area contributed by atoms with E-state index >= 15 is 0 Å². The second kappa shape index (κ2) is 7.60. The van der Waals surface area contributed by atoms with Crippen molar-refractivity contribution >= 4 is 14.1 Å². The molecule has 1 rings (SSSR count). The lowest BCUT2D eigenvalue weighted by Gasteiger charge is -2.42. The van der Waals surface area contributed by atoms with Crippen LogP contribution in [-0.4, -0.2) is 14.1 Å². The summed E-state index contributed by atoms with van der Waals surface area (Å²) in [5.74, 6) is 0.475. The third-order valence-electron chi connectivity index (χ3n) is 4.42. The molecule has 0 aromatic heterocycles. The van der Waals surface area contributed by atoms with Crippen LogP contribution in [0.2, 0.25) is 16.6 Å². The van der Waals surface area contributed by atoms with Crippen molar-refractivity contribution in [3.8, 4) is 11.8 Å². The number of benzene rings is 1. The lowest BCUT2D eigenvalue weighted by atomic mass is 10.1. The monoisotopic (exact) mass is 317 g/mol. The highest BCUT2D eigenvalue weighted by atomic mass is 28.4. The van der Waals surface area contributed by atoms with E-state index in [1.165, 1.54) is 0 Å². The molecule has 0 aliphatic carbocycles. The molecule has 3 nitrogen and oxygen atoms in total. The molecule has 120 valence electrons. The van der Waals surface area contributed by atoms with E-state index in [0.717, 1.165) is 0 Å². The van der Waals surface area contributed by atoms with Gasteiger partial charge in [-0.3, -0.25) is 4.79 Å². The van der Waals surface area contributed by atoms with Crippen molar-refractivity contribution in [1.29, 1.82) is 5.26 Å². The molecule has 0 radical (unpaired) electrons. The minimum Gasteiger partial charge on any atom is -0.542 e. The molecular formula is C18H27NO2Si. The number of hydrogen-bond acceptors (Lipinski definition) is 3. The number of nitriles is 1. The van der Waals surface area contributed by atoms with E-state index in [9.17, 15) is 4.79 Å². The van der Waals surface area contributed by atoms with E-state index < -0.39 is 8.32 Å². The molecule has 0 unspecified atom stereocenters. The van der Waals surface area contributed by atoms with Gasteiger partial charge in [-0.2, -0.15) is 5.26 Å². The zero-order valence-corrected chi connectivity index (χ0v) is 15.5. The fraction of sp³-hybridized carbons (Fsp3) is 0.556. The number of para-hydroxylation sites is 1. The molecule has 0 N–H and O–H groups in total. The molecule has 0 fully saturated rings. The second-order valence-corrected chi connectivity index (χ2v) is 12.0. The topological polar surface area (TPSA) is 50.1 Å². The first-order valence-corrected chi connectivity index (χ1v) is 10.1. The van der Waals surface area contributed by atoms with Gasteiger partial charge in [0.2, 0.25) is 0 Å². The summed E-state index contributed by atoms with van der Waals surface area (Å²) in [6, 6.07) is 9.26. The van der Waals surface area contributed by atoms with Crippen LogP contribution in [-0.2, 0) is 0 Å². The molecule has 0 spiro atoms. The molecule has 0 amide bonds. The van der Waals surface area contributed by atoms with Crippen molar-refractivity contribution in [1.82, 2.24) is 0 Å². The van der Waals surface area contributed by atoms with E-state index in [1.807, 2.05) is 24.3 Å². The number of rotatable bonds is 7. The van der Waals surface area contributed by atoms with Gasteiger partial charge in [-0.15, -0.1) is 0 Å². The van der Waals surface area contributed by atoms with E-state index in [4.69, 9.17) is 9.69 Å². The summed E-state index contributed by atoms with van der Waals surface area (Å²) >= 11 is 0. The zero-order chi connectivity index (χ0) is 16.9. The lowest BCUT2D eigenvalue weighted by molar-refractivity contribution is 0.0996. The van der Waals surface area contributed by atoms with Gasteiger partial charge >= 0.3 is 0 Å². The number of carbonyl (C=O) groups is 1. The number of ketones is 1. The predicted molar refractivity (Wildman–Crippen MR) is 92.7 cm³/mol. The molecule has 0 bridgehead atoms. The first-order chi connectivity index (χ1) is 10.3. The van der Waals surface area contributed by atoms with E-state index in [0.29, 0.717) is 27.9 Å². The van der Waals surface area contributed by atoms with Gasteiger partial charge in [-0.1, -0.05) is 53.7 Å².